The summed E-state index contributed by atoms with van der Waals surface area (Å²) in [5, 5.41) is 10.2. The van der Waals surface area contributed by atoms with Crippen molar-refractivity contribution in [2.75, 3.05) is 13.4 Å². The minimum atomic E-state index is -0.691. The van der Waals surface area contributed by atoms with Crippen LogP contribution >= 0.6 is 34.7 Å². The van der Waals surface area contributed by atoms with E-state index in [0.717, 1.165) is 10.5 Å². The van der Waals surface area contributed by atoms with Crippen molar-refractivity contribution >= 4 is 46.7 Å². The molecule has 1 aliphatic heterocycles. The second-order valence-electron chi connectivity index (χ2n) is 8.36. The molecule has 0 radical (unpaired) electrons. The van der Waals surface area contributed by atoms with Gasteiger partial charge in [0, 0.05) is 4.90 Å². The van der Waals surface area contributed by atoms with Crippen molar-refractivity contribution < 1.29 is 19.4 Å². The molecule has 0 fully saturated rings. The monoisotopic (exact) mass is 544 g/mol. The molecule has 0 saturated heterocycles. The molecule has 1 N–H and O–H groups in total. The van der Waals surface area contributed by atoms with Crippen LogP contribution in [0.2, 0.25) is 5.02 Å². The van der Waals surface area contributed by atoms with Gasteiger partial charge in [-0.2, -0.15) is 0 Å². The molecule has 0 spiro atoms. The first kappa shape index (κ1) is 26.1. The average molecular weight is 545 g/mol. The highest BCUT2D eigenvalue weighted by atomic mass is 35.5. The van der Waals surface area contributed by atoms with Gasteiger partial charge in [0.1, 0.15) is 0 Å². The van der Waals surface area contributed by atoms with E-state index < -0.39 is 12.0 Å². The number of methoxy groups -OCH3 is 1. The minimum absolute atomic E-state index is 0.106. The maximum Gasteiger partial charge on any atom is 0.338 e. The molecule has 1 aliphatic rings. The molecule has 2 heterocycles. The molecule has 0 bridgehead atoms. The Morgan fingerprint density at radius 1 is 1.28 bits per heavy atom. The normalized spacial score (nSPS) is 15.6. The fourth-order valence-corrected chi connectivity index (χ4v) is 5.62. The van der Waals surface area contributed by atoms with Crippen LogP contribution in [0.5, 0.6) is 11.5 Å². The van der Waals surface area contributed by atoms with Crippen LogP contribution in [0.4, 0.5) is 0 Å². The maximum absolute atomic E-state index is 13.7. The number of carbonyl (C=O) groups excluding carboxylic acids is 1. The molecule has 2 aromatic carbocycles. The van der Waals surface area contributed by atoms with Gasteiger partial charge in [0.25, 0.3) is 5.56 Å². The quantitative estimate of drug-likeness (QED) is 0.368. The van der Waals surface area contributed by atoms with Gasteiger partial charge in [-0.05, 0) is 68.5 Å². The zero-order valence-electron chi connectivity index (χ0n) is 20.4. The predicted octanol–water partition coefficient (Wildman–Crippen LogP) is 4.28. The van der Waals surface area contributed by atoms with E-state index in [1.807, 2.05) is 30.5 Å². The van der Waals surface area contributed by atoms with Crippen LogP contribution in [0.25, 0.3) is 6.08 Å². The number of ether oxygens (including phenoxy) is 2. The van der Waals surface area contributed by atoms with Crippen LogP contribution < -0.4 is 19.6 Å². The zero-order valence-corrected chi connectivity index (χ0v) is 22.8. The van der Waals surface area contributed by atoms with E-state index in [9.17, 15) is 14.7 Å². The van der Waals surface area contributed by atoms with Gasteiger partial charge in [0.05, 0.1) is 40.1 Å². The van der Waals surface area contributed by atoms with Crippen LogP contribution in [0, 0.1) is 0 Å². The predicted molar refractivity (Wildman–Crippen MR) is 143 cm³/mol. The summed E-state index contributed by atoms with van der Waals surface area (Å²) in [5.74, 6) is -0.479. The van der Waals surface area contributed by atoms with Gasteiger partial charge in [-0.25, -0.2) is 9.79 Å². The largest absolute Gasteiger partial charge is 0.503 e. The summed E-state index contributed by atoms with van der Waals surface area (Å²) in [7, 11) is 1.42. The number of aromatic hydroxyl groups is 1. The number of benzene rings is 2. The third-order valence-corrected chi connectivity index (χ3v) is 7.60. The number of phenols is 1. The van der Waals surface area contributed by atoms with Crippen molar-refractivity contribution in [2.24, 2.45) is 4.99 Å². The van der Waals surface area contributed by atoms with Gasteiger partial charge < -0.3 is 14.6 Å². The number of rotatable bonds is 6. The number of carbonyl (C=O) groups is 1. The molecule has 4 rings (SSSR count). The number of allylic oxidation sites excluding steroid dienone is 1. The topological polar surface area (TPSA) is 90.1 Å². The molecular formula is C26H25ClN2O5S2. The minimum Gasteiger partial charge on any atom is -0.503 e. The van der Waals surface area contributed by atoms with Crippen LogP contribution in [-0.2, 0) is 9.53 Å². The summed E-state index contributed by atoms with van der Waals surface area (Å²) >= 11 is 8.96. The molecule has 1 aromatic heterocycles. The molecule has 1 atom stereocenters. The summed E-state index contributed by atoms with van der Waals surface area (Å²) in [6, 6.07) is 10.2. The Kier molecular flexibility index (Phi) is 7.63. The van der Waals surface area contributed by atoms with Crippen LogP contribution in [0.15, 0.2) is 62.4 Å². The number of thiazole rings is 1. The van der Waals surface area contributed by atoms with Crippen molar-refractivity contribution in [1.29, 1.82) is 0 Å². The Morgan fingerprint density at radius 2 is 1.97 bits per heavy atom. The second-order valence-corrected chi connectivity index (χ2v) is 10.7. The van der Waals surface area contributed by atoms with Crippen molar-refractivity contribution in [3.63, 3.8) is 0 Å². The lowest BCUT2D eigenvalue weighted by Crippen LogP contribution is -2.40. The van der Waals surface area contributed by atoms with Crippen molar-refractivity contribution in [3.8, 4) is 11.5 Å². The summed E-state index contributed by atoms with van der Waals surface area (Å²) in [4.78, 5) is 33.0. The summed E-state index contributed by atoms with van der Waals surface area (Å²) in [6.45, 7) is 5.31. The van der Waals surface area contributed by atoms with E-state index in [-0.39, 0.29) is 28.2 Å². The highest BCUT2D eigenvalue weighted by molar-refractivity contribution is 7.98. The Bertz CT molecular complexity index is 1540. The molecule has 188 valence electrons. The molecule has 3 aromatic rings. The molecule has 7 nitrogen and oxygen atoms in total. The summed E-state index contributed by atoms with van der Waals surface area (Å²) < 4.78 is 12.6. The first-order valence-corrected chi connectivity index (χ1v) is 13.5. The highest BCUT2D eigenvalue weighted by Crippen LogP contribution is 2.35. The Balaban J connectivity index is 1.94. The van der Waals surface area contributed by atoms with Gasteiger partial charge in [0.15, 0.2) is 16.3 Å². The third kappa shape index (κ3) is 4.96. The highest BCUT2D eigenvalue weighted by Gasteiger charge is 2.33. The Morgan fingerprint density at radius 3 is 2.58 bits per heavy atom. The van der Waals surface area contributed by atoms with Gasteiger partial charge in [0.2, 0.25) is 0 Å². The summed E-state index contributed by atoms with van der Waals surface area (Å²) in [6.07, 6.45) is 3.32. The Hall–Kier alpha value is -3.01. The molecule has 0 amide bonds. The molecule has 0 aliphatic carbocycles. The van der Waals surface area contributed by atoms with Gasteiger partial charge in [-0.1, -0.05) is 35.1 Å². The standard InChI is InChI=1S/C26H25ClN2O5S2/c1-13(2)34-25(32)21-14(3)28-26-29(22(21)16-6-8-17(35-5)9-7-16)24(31)20(36-26)12-15-10-18(27)23(30)19(11-15)33-4/h6-13,22,30H,1-5H3/b20-12-/t22-/m1/s1. The van der Waals surface area contributed by atoms with Crippen molar-refractivity contribution in [2.45, 2.75) is 37.8 Å². The van der Waals surface area contributed by atoms with Crippen LogP contribution in [0.1, 0.15) is 37.9 Å². The first-order valence-electron chi connectivity index (χ1n) is 11.1. The number of phenolic OH excluding ortho intramolecular Hbond substituents is 1. The number of fused-ring (bicyclic) bond motifs is 1. The fourth-order valence-electron chi connectivity index (χ4n) is 3.95. The van der Waals surface area contributed by atoms with E-state index in [0.29, 0.717) is 26.2 Å². The maximum atomic E-state index is 13.7. The van der Waals surface area contributed by atoms with Crippen LogP contribution in [0.3, 0.4) is 0 Å². The number of hydrogen-bond acceptors (Lipinski definition) is 8. The fraction of sp³-hybridized carbons (Fsp3) is 0.269. The molecular weight excluding hydrogens is 520 g/mol. The van der Waals surface area contributed by atoms with E-state index in [1.54, 1.807) is 50.7 Å². The zero-order chi connectivity index (χ0) is 26.1. The van der Waals surface area contributed by atoms with Crippen LogP contribution in [-0.4, -0.2) is 35.1 Å². The molecule has 36 heavy (non-hydrogen) atoms. The lowest BCUT2D eigenvalue weighted by Gasteiger charge is -2.25. The number of aromatic nitrogens is 1. The van der Waals surface area contributed by atoms with Crippen molar-refractivity contribution in [3.05, 3.63) is 83.5 Å². The lowest BCUT2D eigenvalue weighted by atomic mass is 9.96. The Labute approximate surface area is 221 Å². The number of nitrogens with zero attached hydrogens (tertiary/aromatic N) is 2. The number of halogens is 1. The van der Waals surface area contributed by atoms with Gasteiger partial charge in [-0.3, -0.25) is 9.36 Å². The molecule has 0 unspecified atom stereocenters. The third-order valence-electron chi connectivity index (χ3n) is 5.58. The average Bonchev–Trinajstić information content (AvgIpc) is 3.14. The molecule has 0 saturated carbocycles. The van der Waals surface area contributed by atoms with Crippen molar-refractivity contribution in [1.82, 2.24) is 4.57 Å². The van der Waals surface area contributed by atoms with E-state index in [2.05, 4.69) is 4.99 Å². The smallest absolute Gasteiger partial charge is 0.338 e. The van der Waals surface area contributed by atoms with E-state index in [4.69, 9.17) is 21.1 Å². The second kappa shape index (κ2) is 10.5. The van der Waals surface area contributed by atoms with Gasteiger partial charge in [-0.15, -0.1) is 11.8 Å². The van der Waals surface area contributed by atoms with E-state index in [1.165, 1.54) is 23.0 Å². The number of hydrogen-bond donors (Lipinski definition) is 1. The summed E-state index contributed by atoms with van der Waals surface area (Å²) in [5.41, 5.74) is 1.88. The van der Waals surface area contributed by atoms with Gasteiger partial charge >= 0.3 is 5.97 Å². The number of esters is 1. The lowest BCUT2D eigenvalue weighted by molar-refractivity contribution is -0.143. The first-order chi connectivity index (χ1) is 17.1. The molecule has 10 heteroatoms. The van der Waals surface area contributed by atoms with E-state index >= 15 is 0 Å². The number of thioether (sulfide) groups is 1. The SMILES string of the molecule is COc1cc(/C=c2\sc3n(c2=O)[C@H](c2ccc(SC)cc2)C(C(=O)OC(C)C)=C(C)N=3)cc(Cl)c1O.